The van der Waals surface area contributed by atoms with Gasteiger partial charge in [-0.05, 0) is 40.1 Å². The first-order chi connectivity index (χ1) is 17.3. The van der Waals surface area contributed by atoms with Gasteiger partial charge in [0.2, 0.25) is 0 Å². The molecule has 7 aromatic rings. The van der Waals surface area contributed by atoms with Crippen molar-refractivity contribution in [1.82, 2.24) is 4.98 Å². The lowest BCUT2D eigenvalue weighted by molar-refractivity contribution is 0.668. The number of benzene rings is 5. The van der Waals surface area contributed by atoms with Crippen molar-refractivity contribution in [3.8, 4) is 33.6 Å². The van der Waals surface area contributed by atoms with Gasteiger partial charge in [-0.3, -0.25) is 0 Å². The van der Waals surface area contributed by atoms with E-state index in [1.165, 1.54) is 21.9 Å². The first kappa shape index (κ1) is 19.7. The molecule has 0 amide bonds. The van der Waals surface area contributed by atoms with E-state index in [1.54, 1.807) is 0 Å². The lowest BCUT2D eigenvalue weighted by Gasteiger charge is -2.09. The second kappa shape index (κ2) is 7.96. The Kier molecular flexibility index (Phi) is 4.49. The Bertz CT molecular complexity index is 1830. The third-order valence-electron chi connectivity index (χ3n) is 6.67. The smallest absolute Gasteiger partial charge is 0.161 e. The molecule has 0 aliphatic heterocycles. The standard InChI is InChI=1S/C33H21NO/c1-2-9-25(10-3-1)32-33-29(28-12-6-7-13-31(28)35-33)21-30(34-32)24-17-14-23(15-18-24)27-19-16-22-8-4-5-11-26(22)20-27/h1-21H. The first-order valence-corrected chi connectivity index (χ1v) is 11.8. The summed E-state index contributed by atoms with van der Waals surface area (Å²) in [6.07, 6.45) is 0. The summed E-state index contributed by atoms with van der Waals surface area (Å²) < 4.78 is 6.28. The van der Waals surface area contributed by atoms with Crippen molar-refractivity contribution in [1.29, 1.82) is 0 Å². The normalized spacial score (nSPS) is 11.4. The summed E-state index contributed by atoms with van der Waals surface area (Å²) in [6, 6.07) is 44.4. The molecule has 0 saturated heterocycles. The van der Waals surface area contributed by atoms with Crippen LogP contribution in [0.25, 0.3) is 66.4 Å². The highest BCUT2D eigenvalue weighted by Crippen LogP contribution is 2.37. The maximum atomic E-state index is 6.28. The summed E-state index contributed by atoms with van der Waals surface area (Å²) in [6.45, 7) is 0. The quantitative estimate of drug-likeness (QED) is 0.270. The van der Waals surface area contributed by atoms with Crippen LogP contribution in [0.1, 0.15) is 0 Å². The summed E-state index contributed by atoms with van der Waals surface area (Å²) >= 11 is 0. The monoisotopic (exact) mass is 447 g/mol. The van der Waals surface area contributed by atoms with E-state index in [0.717, 1.165) is 44.5 Å². The van der Waals surface area contributed by atoms with Crippen LogP contribution in [0, 0.1) is 0 Å². The molecule has 7 rings (SSSR count). The highest BCUT2D eigenvalue weighted by atomic mass is 16.3. The van der Waals surface area contributed by atoms with Gasteiger partial charge < -0.3 is 4.42 Å². The van der Waals surface area contributed by atoms with E-state index in [1.807, 2.05) is 30.3 Å². The lowest BCUT2D eigenvalue weighted by atomic mass is 9.99. The third-order valence-corrected chi connectivity index (χ3v) is 6.67. The Labute approximate surface area is 203 Å². The van der Waals surface area contributed by atoms with Crippen molar-refractivity contribution in [2.45, 2.75) is 0 Å². The molecule has 2 nitrogen and oxygen atoms in total. The average molecular weight is 448 g/mol. The van der Waals surface area contributed by atoms with Gasteiger partial charge >= 0.3 is 0 Å². The Hall–Kier alpha value is -4.69. The van der Waals surface area contributed by atoms with E-state index in [4.69, 9.17) is 9.40 Å². The molecule has 0 fully saturated rings. The van der Waals surface area contributed by atoms with Crippen molar-refractivity contribution >= 4 is 32.7 Å². The minimum Gasteiger partial charge on any atom is -0.454 e. The minimum atomic E-state index is 0.828. The fourth-order valence-electron chi connectivity index (χ4n) is 4.87. The number of rotatable bonds is 3. The van der Waals surface area contributed by atoms with Crippen LogP contribution >= 0.6 is 0 Å². The molecule has 0 spiro atoms. The highest BCUT2D eigenvalue weighted by molar-refractivity contribution is 6.10. The predicted molar refractivity (Wildman–Crippen MR) is 145 cm³/mol. The third kappa shape index (κ3) is 3.39. The summed E-state index contributed by atoms with van der Waals surface area (Å²) in [4.78, 5) is 5.09. The van der Waals surface area contributed by atoms with E-state index >= 15 is 0 Å². The van der Waals surface area contributed by atoms with E-state index in [9.17, 15) is 0 Å². The Balaban J connectivity index is 1.37. The zero-order chi connectivity index (χ0) is 23.2. The zero-order valence-electron chi connectivity index (χ0n) is 19.0. The van der Waals surface area contributed by atoms with Crippen LogP contribution in [-0.4, -0.2) is 4.98 Å². The van der Waals surface area contributed by atoms with E-state index in [0.29, 0.717) is 0 Å². The fourth-order valence-corrected chi connectivity index (χ4v) is 4.87. The van der Waals surface area contributed by atoms with Gasteiger partial charge in [0.15, 0.2) is 5.58 Å². The number of fused-ring (bicyclic) bond motifs is 4. The molecule has 0 atom stereocenters. The lowest BCUT2D eigenvalue weighted by Crippen LogP contribution is -1.90. The van der Waals surface area contributed by atoms with Crippen LogP contribution in [0.2, 0.25) is 0 Å². The molecule has 0 bridgehead atoms. The minimum absolute atomic E-state index is 0.828. The Morgan fingerprint density at radius 3 is 2.00 bits per heavy atom. The zero-order valence-corrected chi connectivity index (χ0v) is 19.0. The van der Waals surface area contributed by atoms with Crippen LogP contribution in [-0.2, 0) is 0 Å². The van der Waals surface area contributed by atoms with Crippen molar-refractivity contribution in [3.05, 3.63) is 127 Å². The van der Waals surface area contributed by atoms with Crippen LogP contribution in [0.5, 0.6) is 0 Å². The second-order valence-electron chi connectivity index (χ2n) is 8.84. The van der Waals surface area contributed by atoms with Crippen molar-refractivity contribution < 1.29 is 4.42 Å². The maximum Gasteiger partial charge on any atom is 0.161 e. The number of hydrogen-bond donors (Lipinski definition) is 0. The molecule has 0 aliphatic rings. The second-order valence-corrected chi connectivity index (χ2v) is 8.84. The summed E-state index contributed by atoms with van der Waals surface area (Å²) in [5.74, 6) is 0. The topological polar surface area (TPSA) is 26.0 Å². The number of para-hydroxylation sites is 1. The van der Waals surface area contributed by atoms with E-state index < -0.39 is 0 Å². The fraction of sp³-hybridized carbons (Fsp3) is 0. The summed E-state index contributed by atoms with van der Waals surface area (Å²) in [5.41, 5.74) is 8.05. The molecule has 0 saturated carbocycles. The molecule has 5 aromatic carbocycles. The van der Waals surface area contributed by atoms with Gasteiger partial charge in [-0.2, -0.15) is 0 Å². The molecule has 2 heteroatoms. The van der Waals surface area contributed by atoms with E-state index in [2.05, 4.69) is 97.1 Å². The summed E-state index contributed by atoms with van der Waals surface area (Å²) in [5, 5.41) is 4.70. The SMILES string of the molecule is c1ccc(-c2nc(-c3ccc(-c4ccc5ccccc5c4)cc3)cc3c2oc2ccccc23)cc1. The molecule has 35 heavy (non-hydrogen) atoms. The number of pyridine rings is 1. The number of aromatic nitrogens is 1. The van der Waals surface area contributed by atoms with Crippen LogP contribution in [0.4, 0.5) is 0 Å². The number of hydrogen-bond acceptors (Lipinski definition) is 2. The van der Waals surface area contributed by atoms with Crippen LogP contribution < -0.4 is 0 Å². The van der Waals surface area contributed by atoms with Crippen molar-refractivity contribution in [2.75, 3.05) is 0 Å². The molecule has 2 aromatic heterocycles. The Morgan fingerprint density at radius 2 is 1.14 bits per heavy atom. The van der Waals surface area contributed by atoms with Gasteiger partial charge in [-0.1, -0.05) is 109 Å². The predicted octanol–water partition coefficient (Wildman–Crippen LogP) is 9.14. The van der Waals surface area contributed by atoms with Gasteiger partial charge in [-0.25, -0.2) is 4.98 Å². The van der Waals surface area contributed by atoms with Gasteiger partial charge in [0.05, 0.1) is 5.69 Å². The van der Waals surface area contributed by atoms with Gasteiger partial charge in [0.25, 0.3) is 0 Å². The molecular formula is C33H21NO. The van der Waals surface area contributed by atoms with Crippen molar-refractivity contribution in [3.63, 3.8) is 0 Å². The number of nitrogens with zero attached hydrogens (tertiary/aromatic N) is 1. The van der Waals surface area contributed by atoms with Crippen LogP contribution in [0.3, 0.4) is 0 Å². The molecule has 0 unspecified atom stereocenters. The van der Waals surface area contributed by atoms with Crippen LogP contribution in [0.15, 0.2) is 132 Å². The molecule has 0 aliphatic carbocycles. The largest absolute Gasteiger partial charge is 0.454 e. The van der Waals surface area contributed by atoms with Crippen molar-refractivity contribution in [2.24, 2.45) is 0 Å². The Morgan fingerprint density at radius 1 is 0.457 bits per heavy atom. The van der Waals surface area contributed by atoms with E-state index in [-0.39, 0.29) is 0 Å². The molecule has 164 valence electrons. The highest BCUT2D eigenvalue weighted by Gasteiger charge is 2.16. The molecular weight excluding hydrogens is 426 g/mol. The van der Waals surface area contributed by atoms with Gasteiger partial charge in [-0.15, -0.1) is 0 Å². The van der Waals surface area contributed by atoms with Gasteiger partial charge in [0.1, 0.15) is 11.3 Å². The van der Waals surface area contributed by atoms with Gasteiger partial charge in [0, 0.05) is 21.9 Å². The average Bonchev–Trinajstić information content (AvgIpc) is 3.31. The maximum absolute atomic E-state index is 6.28. The molecule has 0 radical (unpaired) electrons. The first-order valence-electron chi connectivity index (χ1n) is 11.8. The summed E-state index contributed by atoms with van der Waals surface area (Å²) in [7, 11) is 0. The molecule has 0 N–H and O–H groups in total. The molecule has 2 heterocycles. The number of furan rings is 1.